The van der Waals surface area contributed by atoms with E-state index >= 15 is 0 Å². The average molecular weight is 559 g/mol. The van der Waals surface area contributed by atoms with Crippen molar-refractivity contribution in [1.29, 1.82) is 0 Å². The van der Waals surface area contributed by atoms with E-state index in [9.17, 15) is 13.6 Å². The van der Waals surface area contributed by atoms with Crippen molar-refractivity contribution in [1.82, 2.24) is 19.1 Å². The summed E-state index contributed by atoms with van der Waals surface area (Å²) in [6.45, 7) is 0.0114. The minimum atomic E-state index is -0.330. The zero-order chi connectivity index (χ0) is 26.8. The number of hydrogen-bond acceptors (Lipinski definition) is 4. The third-order valence-corrected chi connectivity index (χ3v) is 6.42. The predicted molar refractivity (Wildman–Crippen MR) is 164 cm³/mol. The lowest BCUT2D eigenvalue weighted by molar-refractivity contribution is 0.112. The molecule has 214 valence electrons. The number of aldehydes is 1. The molecule has 0 aliphatic rings. The van der Waals surface area contributed by atoms with Gasteiger partial charge in [-0.05, 0) is 29.8 Å². The van der Waals surface area contributed by atoms with Crippen LogP contribution in [0.15, 0.2) is 84.9 Å². The Labute approximate surface area is 239 Å². The molecule has 0 bridgehead atoms. The summed E-state index contributed by atoms with van der Waals surface area (Å²) < 4.78 is 31.1. The molecule has 41 heavy (non-hydrogen) atoms. The number of benzene rings is 4. The molecule has 6 rings (SSSR count). The average Bonchev–Trinajstić information content (AvgIpc) is 3.48. The maximum atomic E-state index is 13.7. The normalized spacial score (nSPS) is 10.2. The van der Waals surface area contributed by atoms with Gasteiger partial charge in [0.1, 0.15) is 29.0 Å². The maximum absolute atomic E-state index is 13.7. The minimum absolute atomic E-state index is 0. The van der Waals surface area contributed by atoms with Crippen molar-refractivity contribution >= 4 is 28.4 Å². The summed E-state index contributed by atoms with van der Waals surface area (Å²) in [6, 6.07) is 24.3. The number of fused-ring (bicyclic) bond motifs is 2. The molecule has 0 fully saturated rings. The van der Waals surface area contributed by atoms with Gasteiger partial charge in [0.15, 0.2) is 11.6 Å². The van der Waals surface area contributed by atoms with E-state index in [2.05, 4.69) is 9.97 Å². The quantitative estimate of drug-likeness (QED) is 0.223. The van der Waals surface area contributed by atoms with Crippen molar-refractivity contribution < 1.29 is 18.7 Å². The van der Waals surface area contributed by atoms with Crippen LogP contribution in [-0.2, 0) is 20.7 Å². The van der Waals surface area contributed by atoms with Crippen molar-refractivity contribution in [3.63, 3.8) is 0 Å². The fourth-order valence-electron chi connectivity index (χ4n) is 4.35. The van der Waals surface area contributed by atoms with Crippen LogP contribution < -0.4 is 0 Å². The summed E-state index contributed by atoms with van der Waals surface area (Å²) in [7, 11) is 3.71. The van der Waals surface area contributed by atoms with E-state index in [1.165, 1.54) is 12.1 Å². The molecular formula is C33H36F2N4O2. The first-order chi connectivity index (χ1) is 18.4. The highest BCUT2D eigenvalue weighted by molar-refractivity contribution is 5.82. The molecule has 0 atom stereocenters. The van der Waals surface area contributed by atoms with Gasteiger partial charge < -0.3 is 14.2 Å². The number of nitrogens with zero attached hydrogens (tertiary/aromatic N) is 4. The SMILES string of the molecule is C.C.C.Cn1c(-c2ccc(C=O)cc2)nc2c(F)cccc21.Cn1c(-c2ccc(CO)cc2)nc2c(F)cccc21. The zero-order valence-corrected chi connectivity index (χ0v) is 20.8. The van der Waals surface area contributed by atoms with Gasteiger partial charge in [-0.3, -0.25) is 4.79 Å². The molecule has 0 radical (unpaired) electrons. The smallest absolute Gasteiger partial charge is 0.151 e. The highest BCUT2D eigenvalue weighted by atomic mass is 19.1. The Bertz CT molecular complexity index is 1760. The summed E-state index contributed by atoms with van der Waals surface area (Å²) >= 11 is 0. The fraction of sp³-hybridized carbons (Fsp3) is 0.182. The largest absolute Gasteiger partial charge is 0.392 e. The van der Waals surface area contributed by atoms with Crippen LogP contribution in [0.2, 0.25) is 0 Å². The van der Waals surface area contributed by atoms with E-state index in [1.54, 1.807) is 24.3 Å². The van der Waals surface area contributed by atoms with Gasteiger partial charge in [0.2, 0.25) is 0 Å². The Balaban J connectivity index is 0.000000267. The Morgan fingerprint density at radius 3 is 1.46 bits per heavy atom. The van der Waals surface area contributed by atoms with Gasteiger partial charge in [-0.2, -0.15) is 0 Å². The van der Waals surface area contributed by atoms with Gasteiger partial charge in [0.25, 0.3) is 0 Å². The molecule has 0 spiro atoms. The minimum Gasteiger partial charge on any atom is -0.392 e. The van der Waals surface area contributed by atoms with Gasteiger partial charge >= 0.3 is 0 Å². The number of rotatable bonds is 4. The van der Waals surface area contributed by atoms with Crippen LogP contribution in [0.4, 0.5) is 8.78 Å². The standard InChI is InChI=1S/C15H13FN2O.C15H11FN2O.3CH4/c2*1-18-13-4-2-3-12(16)14(13)17-15(18)11-7-5-10(9-19)6-8-11;;;/h2-8,19H,9H2,1H3;2-9H,1H3;3*1H4. The van der Waals surface area contributed by atoms with E-state index in [0.29, 0.717) is 28.2 Å². The van der Waals surface area contributed by atoms with Gasteiger partial charge in [-0.1, -0.05) is 82.9 Å². The number of imidazole rings is 2. The van der Waals surface area contributed by atoms with Crippen molar-refractivity contribution in [3.05, 3.63) is 108 Å². The van der Waals surface area contributed by atoms with Gasteiger partial charge in [-0.15, -0.1) is 0 Å². The van der Waals surface area contributed by atoms with Gasteiger partial charge in [0.05, 0.1) is 17.6 Å². The van der Waals surface area contributed by atoms with Crippen molar-refractivity contribution in [2.75, 3.05) is 0 Å². The first kappa shape index (κ1) is 32.5. The van der Waals surface area contributed by atoms with E-state index < -0.39 is 0 Å². The van der Waals surface area contributed by atoms with Crippen molar-refractivity contribution in [2.45, 2.75) is 28.9 Å². The first-order valence-corrected chi connectivity index (χ1v) is 11.9. The van der Waals surface area contributed by atoms with Crippen LogP contribution in [0.25, 0.3) is 44.8 Å². The lowest BCUT2D eigenvalue weighted by Gasteiger charge is -2.03. The van der Waals surface area contributed by atoms with Crippen molar-refractivity contribution in [2.24, 2.45) is 14.1 Å². The molecular weight excluding hydrogens is 522 g/mol. The van der Waals surface area contributed by atoms with E-state index in [4.69, 9.17) is 5.11 Å². The summed E-state index contributed by atoms with van der Waals surface area (Å²) in [5, 5.41) is 9.03. The molecule has 6 aromatic rings. The summed E-state index contributed by atoms with van der Waals surface area (Å²) in [5.74, 6) is 0.748. The molecule has 4 aromatic carbocycles. The molecule has 2 heterocycles. The number of aryl methyl sites for hydroxylation is 2. The van der Waals surface area contributed by atoms with Crippen LogP contribution in [0, 0.1) is 11.6 Å². The first-order valence-electron chi connectivity index (χ1n) is 11.9. The van der Waals surface area contributed by atoms with Crippen LogP contribution in [0.1, 0.15) is 38.2 Å². The Morgan fingerprint density at radius 1 is 0.683 bits per heavy atom. The number of aliphatic hydroxyl groups excluding tert-OH is 1. The van der Waals surface area contributed by atoms with E-state index in [0.717, 1.165) is 34.0 Å². The molecule has 0 aliphatic carbocycles. The topological polar surface area (TPSA) is 72.9 Å². The second-order valence-corrected chi connectivity index (χ2v) is 8.80. The maximum Gasteiger partial charge on any atom is 0.151 e. The van der Waals surface area contributed by atoms with Gasteiger partial charge in [0, 0.05) is 30.8 Å². The summed E-state index contributed by atoms with van der Waals surface area (Å²) in [6.07, 6.45) is 0.790. The number of para-hydroxylation sites is 2. The number of halogens is 2. The molecule has 0 unspecified atom stereocenters. The third kappa shape index (κ3) is 6.23. The summed E-state index contributed by atoms with van der Waals surface area (Å²) in [5.41, 5.74) is 5.45. The van der Waals surface area contributed by atoms with Crippen LogP contribution in [-0.4, -0.2) is 30.5 Å². The Kier molecular flexibility index (Phi) is 10.8. The second kappa shape index (κ2) is 13.6. The Hall–Kier alpha value is -4.69. The molecule has 8 heteroatoms. The van der Waals surface area contributed by atoms with E-state index in [-0.39, 0.29) is 40.5 Å². The zero-order valence-electron chi connectivity index (χ0n) is 20.8. The van der Waals surface area contributed by atoms with Crippen LogP contribution in [0.3, 0.4) is 0 Å². The molecule has 6 nitrogen and oxygen atoms in total. The number of carbonyl (C=O) groups is 1. The number of aromatic nitrogens is 4. The predicted octanol–water partition coefficient (Wildman–Crippen LogP) is 7.97. The van der Waals surface area contributed by atoms with Gasteiger partial charge in [-0.25, -0.2) is 18.7 Å². The van der Waals surface area contributed by atoms with E-state index in [1.807, 2.05) is 71.8 Å². The number of carbonyl (C=O) groups excluding carboxylic acids is 1. The van der Waals surface area contributed by atoms with Crippen LogP contribution in [0.5, 0.6) is 0 Å². The molecule has 0 saturated heterocycles. The summed E-state index contributed by atoms with van der Waals surface area (Å²) in [4.78, 5) is 19.3. The highest BCUT2D eigenvalue weighted by Gasteiger charge is 2.13. The lowest BCUT2D eigenvalue weighted by Crippen LogP contribution is -1.92. The number of hydrogen-bond donors (Lipinski definition) is 1. The molecule has 1 N–H and O–H groups in total. The molecule has 2 aromatic heterocycles. The molecule has 0 amide bonds. The lowest BCUT2D eigenvalue weighted by atomic mass is 10.1. The highest BCUT2D eigenvalue weighted by Crippen LogP contribution is 2.26. The fourth-order valence-corrected chi connectivity index (χ4v) is 4.35. The van der Waals surface area contributed by atoms with Crippen LogP contribution >= 0.6 is 0 Å². The second-order valence-electron chi connectivity index (χ2n) is 8.80. The molecule has 0 aliphatic heterocycles. The monoisotopic (exact) mass is 558 g/mol. The number of aliphatic hydroxyl groups is 1. The molecule has 0 saturated carbocycles. The third-order valence-electron chi connectivity index (χ3n) is 6.42. The van der Waals surface area contributed by atoms with Crippen molar-refractivity contribution in [3.8, 4) is 22.8 Å². The Morgan fingerprint density at radius 2 is 1.10 bits per heavy atom.